The highest BCUT2D eigenvalue weighted by molar-refractivity contribution is 9.10. The van der Waals surface area contributed by atoms with E-state index < -0.39 is 0 Å². The minimum absolute atomic E-state index is 0.101. The van der Waals surface area contributed by atoms with Crippen LogP contribution in [0, 0.1) is 0 Å². The molecule has 8 heteroatoms. The van der Waals surface area contributed by atoms with E-state index in [-0.39, 0.29) is 11.8 Å². The highest BCUT2D eigenvalue weighted by Gasteiger charge is 2.32. The maximum Gasteiger partial charge on any atom is 0.232 e. The SMILES string of the molecule is O=C(NCc1c(Cl)cc(Cl)cc1Br)[C@H]1COc2ncsc21. The first-order valence-corrected chi connectivity index (χ1v) is 8.46. The topological polar surface area (TPSA) is 51.2 Å². The molecule has 4 nitrogen and oxygen atoms in total. The Bertz CT molecular complexity index is 684. The van der Waals surface area contributed by atoms with E-state index in [1.165, 1.54) is 11.3 Å². The normalized spacial score (nSPS) is 16.4. The van der Waals surface area contributed by atoms with Crippen LogP contribution in [0.3, 0.4) is 0 Å². The minimum atomic E-state index is -0.308. The van der Waals surface area contributed by atoms with Crippen molar-refractivity contribution in [1.82, 2.24) is 10.3 Å². The zero-order valence-corrected chi connectivity index (χ0v) is 14.4. The minimum Gasteiger partial charge on any atom is -0.476 e. The quantitative estimate of drug-likeness (QED) is 0.836. The number of rotatable bonds is 3. The molecule has 110 valence electrons. The van der Waals surface area contributed by atoms with E-state index in [2.05, 4.69) is 26.2 Å². The van der Waals surface area contributed by atoms with Crippen LogP contribution in [0.15, 0.2) is 22.1 Å². The van der Waals surface area contributed by atoms with Gasteiger partial charge in [0.1, 0.15) is 12.5 Å². The van der Waals surface area contributed by atoms with Crippen molar-refractivity contribution in [1.29, 1.82) is 0 Å². The highest BCUT2D eigenvalue weighted by atomic mass is 79.9. The fraction of sp³-hybridized carbons (Fsp3) is 0.231. The van der Waals surface area contributed by atoms with Crippen LogP contribution in [0.4, 0.5) is 0 Å². The van der Waals surface area contributed by atoms with Crippen LogP contribution in [0.25, 0.3) is 0 Å². The smallest absolute Gasteiger partial charge is 0.232 e. The molecule has 1 aromatic heterocycles. The van der Waals surface area contributed by atoms with E-state index >= 15 is 0 Å². The largest absolute Gasteiger partial charge is 0.476 e. The summed E-state index contributed by atoms with van der Waals surface area (Å²) in [7, 11) is 0. The number of hydrogen-bond acceptors (Lipinski definition) is 4. The number of halogens is 3. The monoisotopic (exact) mass is 406 g/mol. The summed E-state index contributed by atoms with van der Waals surface area (Å²) in [4.78, 5) is 17.2. The standard InChI is InChI=1S/C13H9BrCl2N2O2S/c14-9-1-6(15)2-10(16)7(9)3-17-12(19)8-4-20-13-11(8)21-5-18-13/h1-2,5,8H,3-4H2,(H,17,19)/t8-/m0/s1. The molecule has 0 radical (unpaired) electrons. The van der Waals surface area contributed by atoms with Crippen LogP contribution in [-0.2, 0) is 11.3 Å². The molecule has 1 amide bonds. The average Bonchev–Trinajstić information content (AvgIpc) is 2.99. The predicted molar refractivity (Wildman–Crippen MR) is 86.4 cm³/mol. The molecule has 21 heavy (non-hydrogen) atoms. The van der Waals surface area contributed by atoms with Gasteiger partial charge in [-0.05, 0) is 12.1 Å². The van der Waals surface area contributed by atoms with Crippen LogP contribution in [0.1, 0.15) is 16.4 Å². The van der Waals surface area contributed by atoms with Gasteiger partial charge < -0.3 is 10.1 Å². The number of nitrogens with one attached hydrogen (secondary N) is 1. The van der Waals surface area contributed by atoms with E-state index in [0.717, 1.165) is 14.9 Å². The van der Waals surface area contributed by atoms with Gasteiger partial charge in [-0.25, -0.2) is 4.98 Å². The summed E-state index contributed by atoms with van der Waals surface area (Å²) in [6.45, 7) is 0.649. The number of aromatic nitrogens is 1. The van der Waals surface area contributed by atoms with Gasteiger partial charge in [-0.15, -0.1) is 11.3 Å². The molecular formula is C13H9BrCl2N2O2S. The number of carbonyl (C=O) groups excluding carboxylic acids is 1. The van der Waals surface area contributed by atoms with Crippen LogP contribution in [-0.4, -0.2) is 17.5 Å². The van der Waals surface area contributed by atoms with Gasteiger partial charge in [0.15, 0.2) is 0 Å². The van der Waals surface area contributed by atoms with E-state index in [1.54, 1.807) is 17.6 Å². The Morgan fingerprint density at radius 2 is 2.33 bits per heavy atom. The molecule has 0 aliphatic carbocycles. The van der Waals surface area contributed by atoms with Crippen molar-refractivity contribution in [2.75, 3.05) is 6.61 Å². The third-order valence-corrected chi connectivity index (χ3v) is 5.31. The first-order valence-electron chi connectivity index (χ1n) is 6.03. The first kappa shape index (κ1) is 15.1. The number of ether oxygens (including phenoxy) is 1. The number of fused-ring (bicyclic) bond motifs is 1. The van der Waals surface area contributed by atoms with Gasteiger partial charge in [0.25, 0.3) is 0 Å². The maximum atomic E-state index is 12.3. The van der Waals surface area contributed by atoms with Crippen molar-refractivity contribution in [3.05, 3.63) is 42.6 Å². The van der Waals surface area contributed by atoms with Crippen molar-refractivity contribution in [2.24, 2.45) is 0 Å². The van der Waals surface area contributed by atoms with Crippen LogP contribution < -0.4 is 10.1 Å². The summed E-state index contributed by atoms with van der Waals surface area (Å²) in [5, 5.41) is 3.93. The molecule has 1 aromatic carbocycles. The van der Waals surface area contributed by atoms with Crippen LogP contribution in [0.5, 0.6) is 5.88 Å². The summed E-state index contributed by atoms with van der Waals surface area (Å²) >= 11 is 16.9. The van der Waals surface area contributed by atoms with Gasteiger partial charge in [-0.2, -0.15) is 0 Å². The number of carbonyl (C=O) groups is 1. The molecule has 1 N–H and O–H groups in total. The van der Waals surface area contributed by atoms with Crippen molar-refractivity contribution in [2.45, 2.75) is 12.5 Å². The predicted octanol–water partition coefficient (Wildman–Crippen LogP) is 4.00. The second-order valence-corrected chi connectivity index (χ2v) is 7.04. The summed E-state index contributed by atoms with van der Waals surface area (Å²) in [6.07, 6.45) is 0. The molecule has 0 saturated carbocycles. The zero-order chi connectivity index (χ0) is 15.0. The summed E-state index contributed by atoms with van der Waals surface area (Å²) < 4.78 is 6.14. The van der Waals surface area contributed by atoms with Crippen molar-refractivity contribution in [3.8, 4) is 5.88 Å². The van der Waals surface area contributed by atoms with Crippen LogP contribution in [0.2, 0.25) is 10.0 Å². The Hall–Kier alpha value is -0.820. The number of hydrogen-bond donors (Lipinski definition) is 1. The second kappa shape index (κ2) is 6.12. The number of thiazole rings is 1. The summed E-state index contributed by atoms with van der Waals surface area (Å²) in [5.41, 5.74) is 2.47. The molecule has 2 heterocycles. The molecule has 2 aromatic rings. The average molecular weight is 408 g/mol. The summed E-state index contributed by atoms with van der Waals surface area (Å²) in [5.74, 6) is 0.152. The molecule has 1 aliphatic rings. The third kappa shape index (κ3) is 3.04. The molecule has 0 spiro atoms. The van der Waals surface area contributed by atoms with Gasteiger partial charge in [0, 0.05) is 26.6 Å². The Balaban J connectivity index is 1.70. The van der Waals surface area contributed by atoms with Gasteiger partial charge >= 0.3 is 0 Å². The Kier molecular flexibility index (Phi) is 4.40. The molecule has 1 atom stereocenters. The lowest BCUT2D eigenvalue weighted by Gasteiger charge is -2.12. The second-order valence-electron chi connectivity index (χ2n) is 4.45. The Labute approximate surface area is 143 Å². The molecule has 0 saturated heterocycles. The zero-order valence-electron chi connectivity index (χ0n) is 10.5. The van der Waals surface area contributed by atoms with Gasteiger partial charge in [0.05, 0.1) is 10.4 Å². The van der Waals surface area contributed by atoms with Crippen molar-refractivity contribution >= 4 is 56.4 Å². The maximum absolute atomic E-state index is 12.3. The fourth-order valence-corrected chi connectivity index (χ4v) is 4.28. The van der Waals surface area contributed by atoms with E-state index in [0.29, 0.717) is 29.1 Å². The first-order chi connectivity index (χ1) is 10.1. The van der Waals surface area contributed by atoms with Crippen molar-refractivity contribution in [3.63, 3.8) is 0 Å². The molecular weight excluding hydrogens is 399 g/mol. The van der Waals surface area contributed by atoms with Crippen LogP contribution >= 0.6 is 50.5 Å². The third-order valence-electron chi connectivity index (χ3n) is 3.13. The lowest BCUT2D eigenvalue weighted by molar-refractivity contribution is -0.122. The van der Waals surface area contributed by atoms with Crippen molar-refractivity contribution < 1.29 is 9.53 Å². The molecule has 0 unspecified atom stereocenters. The van der Waals surface area contributed by atoms with E-state index in [1.807, 2.05) is 0 Å². The molecule has 0 fully saturated rings. The van der Waals surface area contributed by atoms with E-state index in [4.69, 9.17) is 27.9 Å². The highest BCUT2D eigenvalue weighted by Crippen LogP contribution is 2.36. The lowest BCUT2D eigenvalue weighted by Crippen LogP contribution is -2.29. The number of benzene rings is 1. The van der Waals surface area contributed by atoms with E-state index in [9.17, 15) is 4.79 Å². The molecule has 1 aliphatic heterocycles. The Morgan fingerprint density at radius 1 is 1.52 bits per heavy atom. The summed E-state index contributed by atoms with van der Waals surface area (Å²) in [6, 6.07) is 3.39. The molecule has 0 bridgehead atoms. The molecule has 3 rings (SSSR count). The number of nitrogens with zero attached hydrogens (tertiary/aromatic N) is 1. The van der Waals surface area contributed by atoms with Gasteiger partial charge in [-0.1, -0.05) is 39.1 Å². The van der Waals surface area contributed by atoms with Gasteiger partial charge in [0.2, 0.25) is 11.8 Å². The van der Waals surface area contributed by atoms with Gasteiger partial charge in [-0.3, -0.25) is 4.79 Å². The fourth-order valence-electron chi connectivity index (χ4n) is 2.06. The lowest BCUT2D eigenvalue weighted by atomic mass is 10.1. The Morgan fingerprint density at radius 3 is 3.10 bits per heavy atom. The number of amides is 1.